The second-order valence-corrected chi connectivity index (χ2v) is 7.81. The molecule has 0 fully saturated rings. The molecule has 4 aromatic rings. The number of thioether (sulfide) groups is 1. The first-order chi connectivity index (χ1) is 15.6. The van der Waals surface area contributed by atoms with Crippen molar-refractivity contribution in [2.24, 2.45) is 0 Å². The number of phenolic OH excluding ortho intramolecular Hbond substituents is 1. The number of rotatable bonds is 8. The molecule has 0 saturated heterocycles. The molecule has 8 nitrogen and oxygen atoms in total. The normalized spacial score (nSPS) is 11.7. The summed E-state index contributed by atoms with van der Waals surface area (Å²) in [5, 5.41) is 24.8. The molecule has 1 heterocycles. The van der Waals surface area contributed by atoms with Gasteiger partial charge in [-0.15, -0.1) is 5.10 Å². The molecule has 1 atom stereocenters. The number of benzene rings is 3. The molecule has 4 rings (SSSR count). The number of tetrazole rings is 1. The van der Waals surface area contributed by atoms with E-state index in [2.05, 4.69) is 20.8 Å². The van der Waals surface area contributed by atoms with Gasteiger partial charge in [0.2, 0.25) is 11.1 Å². The van der Waals surface area contributed by atoms with E-state index in [1.165, 1.54) is 16.4 Å². The molecule has 1 unspecified atom stereocenters. The monoisotopic (exact) mass is 447 g/mol. The number of aromatic hydroxyl groups is 1. The molecule has 1 amide bonds. The first-order valence-electron chi connectivity index (χ1n) is 9.83. The SMILES string of the molecule is COc1ccc(C(NC(=O)CSc2nnnn2-c2ccc(O)cc2)c2ccccc2)cc1. The van der Waals surface area contributed by atoms with Crippen molar-refractivity contribution in [3.8, 4) is 17.2 Å². The fourth-order valence-corrected chi connectivity index (χ4v) is 3.86. The van der Waals surface area contributed by atoms with Crippen LogP contribution in [0.3, 0.4) is 0 Å². The van der Waals surface area contributed by atoms with E-state index in [1.54, 1.807) is 31.4 Å². The Kier molecular flexibility index (Phi) is 6.66. The third kappa shape index (κ3) is 5.06. The van der Waals surface area contributed by atoms with Gasteiger partial charge in [0.05, 0.1) is 24.6 Å². The molecule has 0 aliphatic rings. The van der Waals surface area contributed by atoms with Gasteiger partial charge in [-0.05, 0) is 58.0 Å². The van der Waals surface area contributed by atoms with Crippen LogP contribution >= 0.6 is 11.8 Å². The Bertz CT molecular complexity index is 1160. The molecule has 9 heteroatoms. The van der Waals surface area contributed by atoms with E-state index in [-0.39, 0.29) is 23.5 Å². The van der Waals surface area contributed by atoms with Crippen LogP contribution in [0.5, 0.6) is 11.5 Å². The van der Waals surface area contributed by atoms with Crippen LogP contribution in [0.4, 0.5) is 0 Å². The Morgan fingerprint density at radius 1 is 1.03 bits per heavy atom. The van der Waals surface area contributed by atoms with Crippen molar-refractivity contribution in [2.75, 3.05) is 12.9 Å². The van der Waals surface area contributed by atoms with Gasteiger partial charge in [-0.2, -0.15) is 4.68 Å². The first kappa shape index (κ1) is 21.4. The summed E-state index contributed by atoms with van der Waals surface area (Å²) in [5.74, 6) is 0.891. The van der Waals surface area contributed by atoms with Crippen molar-refractivity contribution in [3.05, 3.63) is 90.0 Å². The highest BCUT2D eigenvalue weighted by atomic mass is 32.2. The second kappa shape index (κ2) is 9.97. The van der Waals surface area contributed by atoms with Crippen molar-refractivity contribution >= 4 is 17.7 Å². The lowest BCUT2D eigenvalue weighted by molar-refractivity contribution is -0.119. The summed E-state index contributed by atoms with van der Waals surface area (Å²) in [6, 6.07) is 23.6. The van der Waals surface area contributed by atoms with Crippen LogP contribution in [0.1, 0.15) is 17.2 Å². The van der Waals surface area contributed by atoms with Crippen LogP contribution in [-0.4, -0.2) is 44.1 Å². The number of amides is 1. The maximum atomic E-state index is 12.8. The zero-order valence-electron chi connectivity index (χ0n) is 17.3. The molecule has 0 aliphatic carbocycles. The lowest BCUT2D eigenvalue weighted by atomic mass is 9.98. The standard InChI is InChI=1S/C23H21N5O3S/c1-31-20-13-7-17(8-14-20)22(16-5-3-2-4-6-16)24-21(30)15-32-23-25-26-27-28(23)18-9-11-19(29)12-10-18/h2-14,22,29H,15H2,1H3,(H,24,30). The molecule has 2 N–H and O–H groups in total. The Balaban J connectivity index is 1.47. The van der Waals surface area contributed by atoms with Crippen molar-refractivity contribution in [1.29, 1.82) is 0 Å². The maximum absolute atomic E-state index is 12.8. The average molecular weight is 448 g/mol. The Labute approximate surface area is 189 Å². The van der Waals surface area contributed by atoms with Crippen LogP contribution in [0, 0.1) is 0 Å². The molecule has 0 bridgehead atoms. The lowest BCUT2D eigenvalue weighted by Crippen LogP contribution is -2.30. The number of hydrogen-bond donors (Lipinski definition) is 2. The van der Waals surface area contributed by atoms with E-state index >= 15 is 0 Å². The molecule has 0 aliphatic heterocycles. The predicted octanol–water partition coefficient (Wildman–Crippen LogP) is 3.37. The molecular weight excluding hydrogens is 426 g/mol. The average Bonchev–Trinajstić information content (AvgIpc) is 3.31. The van der Waals surface area contributed by atoms with Gasteiger partial charge in [-0.1, -0.05) is 54.2 Å². The highest BCUT2D eigenvalue weighted by molar-refractivity contribution is 7.99. The number of nitrogens with one attached hydrogen (secondary N) is 1. The van der Waals surface area contributed by atoms with E-state index in [0.29, 0.717) is 10.8 Å². The van der Waals surface area contributed by atoms with Gasteiger partial charge >= 0.3 is 0 Å². The van der Waals surface area contributed by atoms with Gasteiger partial charge in [-0.3, -0.25) is 4.79 Å². The number of nitrogens with zero attached hydrogens (tertiary/aromatic N) is 4. The van der Waals surface area contributed by atoms with E-state index in [0.717, 1.165) is 16.9 Å². The molecule has 1 aromatic heterocycles. The third-order valence-electron chi connectivity index (χ3n) is 4.75. The number of aromatic nitrogens is 4. The molecule has 0 spiro atoms. The van der Waals surface area contributed by atoms with Crippen molar-refractivity contribution < 1.29 is 14.6 Å². The van der Waals surface area contributed by atoms with E-state index < -0.39 is 0 Å². The zero-order chi connectivity index (χ0) is 22.3. The third-order valence-corrected chi connectivity index (χ3v) is 5.67. The zero-order valence-corrected chi connectivity index (χ0v) is 18.1. The number of methoxy groups -OCH3 is 1. The Morgan fingerprint density at radius 2 is 1.72 bits per heavy atom. The molecule has 32 heavy (non-hydrogen) atoms. The quantitative estimate of drug-likeness (QED) is 0.399. The topological polar surface area (TPSA) is 102 Å². The number of phenols is 1. The number of carbonyl (C=O) groups is 1. The van der Waals surface area contributed by atoms with Crippen LogP contribution in [0.2, 0.25) is 0 Å². The van der Waals surface area contributed by atoms with E-state index in [1.807, 2.05) is 54.6 Å². The van der Waals surface area contributed by atoms with E-state index in [9.17, 15) is 9.90 Å². The molecule has 0 radical (unpaired) electrons. The minimum atomic E-state index is -0.303. The van der Waals surface area contributed by atoms with Gasteiger partial charge in [0.15, 0.2) is 0 Å². The summed E-state index contributed by atoms with van der Waals surface area (Å²) in [6.07, 6.45) is 0. The highest BCUT2D eigenvalue weighted by Crippen LogP contribution is 2.25. The summed E-state index contributed by atoms with van der Waals surface area (Å²) in [6.45, 7) is 0. The Morgan fingerprint density at radius 3 is 2.41 bits per heavy atom. The minimum absolute atomic E-state index is 0.137. The van der Waals surface area contributed by atoms with E-state index in [4.69, 9.17) is 4.74 Å². The summed E-state index contributed by atoms with van der Waals surface area (Å²) >= 11 is 1.23. The Hall–Kier alpha value is -3.85. The van der Waals surface area contributed by atoms with Crippen LogP contribution in [0.25, 0.3) is 5.69 Å². The first-order valence-corrected chi connectivity index (χ1v) is 10.8. The van der Waals surface area contributed by atoms with Gasteiger partial charge in [-0.25, -0.2) is 0 Å². The van der Waals surface area contributed by atoms with Crippen LogP contribution in [-0.2, 0) is 4.79 Å². The second-order valence-electron chi connectivity index (χ2n) is 6.86. The van der Waals surface area contributed by atoms with Crippen molar-refractivity contribution in [2.45, 2.75) is 11.2 Å². The number of ether oxygens (including phenoxy) is 1. The molecular formula is C23H21N5O3S. The largest absolute Gasteiger partial charge is 0.508 e. The van der Waals surface area contributed by atoms with Crippen molar-refractivity contribution in [1.82, 2.24) is 25.5 Å². The lowest BCUT2D eigenvalue weighted by Gasteiger charge is -2.20. The number of carbonyl (C=O) groups excluding carboxylic acids is 1. The maximum Gasteiger partial charge on any atom is 0.231 e. The summed E-state index contributed by atoms with van der Waals surface area (Å²) in [7, 11) is 1.62. The van der Waals surface area contributed by atoms with Crippen molar-refractivity contribution in [3.63, 3.8) is 0 Å². The van der Waals surface area contributed by atoms with Crippen LogP contribution < -0.4 is 10.1 Å². The summed E-state index contributed by atoms with van der Waals surface area (Å²) in [4.78, 5) is 12.8. The highest BCUT2D eigenvalue weighted by Gasteiger charge is 2.18. The van der Waals surface area contributed by atoms with Gasteiger partial charge in [0.1, 0.15) is 11.5 Å². The molecule has 162 valence electrons. The van der Waals surface area contributed by atoms with Crippen LogP contribution in [0.15, 0.2) is 84.0 Å². The minimum Gasteiger partial charge on any atom is -0.508 e. The predicted molar refractivity (Wildman–Crippen MR) is 121 cm³/mol. The smallest absolute Gasteiger partial charge is 0.231 e. The molecule has 0 saturated carbocycles. The number of hydrogen-bond acceptors (Lipinski definition) is 7. The van der Waals surface area contributed by atoms with Gasteiger partial charge in [0, 0.05) is 0 Å². The molecule has 3 aromatic carbocycles. The summed E-state index contributed by atoms with van der Waals surface area (Å²) in [5.41, 5.74) is 2.62. The summed E-state index contributed by atoms with van der Waals surface area (Å²) < 4.78 is 6.77. The fraction of sp³-hybridized carbons (Fsp3) is 0.130. The van der Waals surface area contributed by atoms with Gasteiger partial charge in [0.25, 0.3) is 0 Å². The fourth-order valence-electron chi connectivity index (χ4n) is 3.16. The van der Waals surface area contributed by atoms with Gasteiger partial charge < -0.3 is 15.2 Å².